The summed E-state index contributed by atoms with van der Waals surface area (Å²) in [5.41, 5.74) is 0.723. The summed E-state index contributed by atoms with van der Waals surface area (Å²) in [4.78, 5) is 25.3. The SMILES string of the molecule is Cc1nnc(NC(=O)CN2CC(=O)Oc3ccccc32)s1. The number of aromatic nitrogens is 2. The van der Waals surface area contributed by atoms with Crippen LogP contribution in [0, 0.1) is 6.92 Å². The highest BCUT2D eigenvalue weighted by atomic mass is 32.1. The molecular formula is C13H12N4O3S. The Morgan fingerprint density at radius 1 is 1.43 bits per heavy atom. The van der Waals surface area contributed by atoms with Crippen molar-refractivity contribution < 1.29 is 14.3 Å². The molecule has 8 heteroatoms. The van der Waals surface area contributed by atoms with Gasteiger partial charge in [0, 0.05) is 0 Å². The third-order valence-electron chi connectivity index (χ3n) is 2.86. The lowest BCUT2D eigenvalue weighted by Gasteiger charge is -2.28. The van der Waals surface area contributed by atoms with Gasteiger partial charge in [-0.2, -0.15) is 0 Å². The highest BCUT2D eigenvalue weighted by molar-refractivity contribution is 7.15. The van der Waals surface area contributed by atoms with Crippen molar-refractivity contribution in [2.45, 2.75) is 6.92 Å². The van der Waals surface area contributed by atoms with Gasteiger partial charge in [0.1, 0.15) is 11.6 Å². The molecule has 1 aromatic carbocycles. The minimum atomic E-state index is -0.381. The molecule has 0 saturated carbocycles. The third kappa shape index (κ3) is 3.00. The number of fused-ring (bicyclic) bond motifs is 1. The predicted octanol–water partition coefficient (Wildman–Crippen LogP) is 1.21. The number of carbonyl (C=O) groups excluding carboxylic acids is 2. The average Bonchev–Trinajstić information content (AvgIpc) is 2.83. The third-order valence-corrected chi connectivity index (χ3v) is 3.61. The summed E-state index contributed by atoms with van der Waals surface area (Å²) < 4.78 is 5.13. The Labute approximate surface area is 124 Å². The standard InChI is InChI=1S/C13H12N4O3S/c1-8-15-16-13(21-8)14-11(18)6-17-7-12(19)20-10-5-3-2-4-9(10)17/h2-5H,6-7H2,1H3,(H,14,16,18). The van der Waals surface area contributed by atoms with E-state index in [1.807, 2.05) is 19.1 Å². The molecule has 3 rings (SSSR count). The number of hydrogen-bond acceptors (Lipinski definition) is 7. The van der Waals surface area contributed by atoms with Crippen LogP contribution >= 0.6 is 11.3 Å². The number of hydrogen-bond donors (Lipinski definition) is 1. The number of benzene rings is 1. The molecule has 0 radical (unpaired) electrons. The first-order chi connectivity index (χ1) is 10.1. The molecule has 2 heterocycles. The van der Waals surface area contributed by atoms with Gasteiger partial charge in [-0.25, -0.2) is 4.79 Å². The number of anilines is 2. The number of nitrogens with one attached hydrogen (secondary N) is 1. The van der Waals surface area contributed by atoms with Crippen molar-refractivity contribution in [2.75, 3.05) is 23.3 Å². The van der Waals surface area contributed by atoms with Crippen molar-refractivity contribution in [3.05, 3.63) is 29.3 Å². The van der Waals surface area contributed by atoms with Crippen LogP contribution in [0.4, 0.5) is 10.8 Å². The van der Waals surface area contributed by atoms with E-state index in [9.17, 15) is 9.59 Å². The first kappa shape index (κ1) is 13.5. The molecular weight excluding hydrogens is 292 g/mol. The number of nitrogens with zero attached hydrogens (tertiary/aromatic N) is 3. The van der Waals surface area contributed by atoms with Gasteiger partial charge in [-0.15, -0.1) is 10.2 Å². The van der Waals surface area contributed by atoms with E-state index in [2.05, 4.69) is 15.5 Å². The molecule has 0 unspecified atom stereocenters. The summed E-state index contributed by atoms with van der Waals surface area (Å²) in [5, 5.41) is 11.6. The maximum atomic E-state index is 12.0. The summed E-state index contributed by atoms with van der Waals surface area (Å²) in [6, 6.07) is 7.12. The summed E-state index contributed by atoms with van der Waals surface area (Å²) in [5.74, 6) is -0.169. The van der Waals surface area contributed by atoms with Crippen LogP contribution in [0.5, 0.6) is 5.75 Å². The van der Waals surface area contributed by atoms with E-state index >= 15 is 0 Å². The molecule has 108 valence electrons. The van der Waals surface area contributed by atoms with Crippen molar-refractivity contribution in [3.63, 3.8) is 0 Å². The number of rotatable bonds is 3. The smallest absolute Gasteiger partial charge is 0.331 e. The minimum absolute atomic E-state index is 0.0413. The van der Waals surface area contributed by atoms with Gasteiger partial charge in [0.15, 0.2) is 5.75 Å². The Balaban J connectivity index is 1.72. The molecule has 7 nitrogen and oxygen atoms in total. The monoisotopic (exact) mass is 304 g/mol. The highest BCUT2D eigenvalue weighted by Crippen LogP contribution is 2.31. The molecule has 0 aliphatic carbocycles. The molecule has 0 bridgehead atoms. The summed E-state index contributed by atoms with van der Waals surface area (Å²) in [6.07, 6.45) is 0. The molecule has 1 amide bonds. The average molecular weight is 304 g/mol. The second-order valence-corrected chi connectivity index (χ2v) is 5.65. The van der Waals surface area contributed by atoms with Crippen LogP contribution in [-0.2, 0) is 9.59 Å². The predicted molar refractivity (Wildman–Crippen MR) is 77.6 cm³/mol. The van der Waals surface area contributed by atoms with Crippen molar-refractivity contribution in [3.8, 4) is 5.75 Å². The molecule has 1 aliphatic rings. The first-order valence-electron chi connectivity index (χ1n) is 6.26. The zero-order valence-corrected chi connectivity index (χ0v) is 12.0. The van der Waals surface area contributed by atoms with Crippen molar-refractivity contribution in [2.24, 2.45) is 0 Å². The fraction of sp³-hybridized carbons (Fsp3) is 0.231. The van der Waals surface area contributed by atoms with Gasteiger partial charge in [-0.3, -0.25) is 10.1 Å². The molecule has 1 N–H and O–H groups in total. The molecule has 1 aromatic heterocycles. The van der Waals surface area contributed by atoms with E-state index in [0.717, 1.165) is 10.7 Å². The van der Waals surface area contributed by atoms with Gasteiger partial charge in [0.25, 0.3) is 0 Å². The largest absolute Gasteiger partial charge is 0.423 e. The van der Waals surface area contributed by atoms with Gasteiger partial charge in [-0.1, -0.05) is 23.5 Å². The van der Waals surface area contributed by atoms with Crippen LogP contribution in [0.15, 0.2) is 24.3 Å². The van der Waals surface area contributed by atoms with E-state index in [1.54, 1.807) is 17.0 Å². The number of amides is 1. The Hall–Kier alpha value is -2.48. The molecule has 0 atom stereocenters. The van der Waals surface area contributed by atoms with E-state index in [1.165, 1.54) is 11.3 Å². The van der Waals surface area contributed by atoms with E-state index in [-0.39, 0.29) is 25.0 Å². The molecule has 1 aliphatic heterocycles. The normalized spacial score (nSPS) is 13.6. The Morgan fingerprint density at radius 3 is 3.00 bits per heavy atom. The molecule has 2 aromatic rings. The van der Waals surface area contributed by atoms with Crippen LogP contribution in [0.2, 0.25) is 0 Å². The molecule has 21 heavy (non-hydrogen) atoms. The lowest BCUT2D eigenvalue weighted by molar-refractivity contribution is -0.133. The lowest BCUT2D eigenvalue weighted by atomic mass is 10.2. The fourth-order valence-corrected chi connectivity index (χ4v) is 2.63. The topological polar surface area (TPSA) is 84.4 Å². The Bertz CT molecular complexity index is 700. The summed E-state index contributed by atoms with van der Waals surface area (Å²) in [7, 11) is 0. The minimum Gasteiger partial charge on any atom is -0.423 e. The fourth-order valence-electron chi connectivity index (χ4n) is 2.02. The lowest BCUT2D eigenvalue weighted by Crippen LogP contribution is -2.41. The zero-order valence-electron chi connectivity index (χ0n) is 11.2. The van der Waals surface area contributed by atoms with Crippen LogP contribution in [0.3, 0.4) is 0 Å². The quantitative estimate of drug-likeness (QED) is 0.678. The second kappa shape index (κ2) is 5.49. The highest BCUT2D eigenvalue weighted by Gasteiger charge is 2.25. The second-order valence-electron chi connectivity index (χ2n) is 4.47. The number of esters is 1. The van der Waals surface area contributed by atoms with Crippen molar-refractivity contribution in [1.29, 1.82) is 0 Å². The van der Waals surface area contributed by atoms with Crippen molar-refractivity contribution in [1.82, 2.24) is 10.2 Å². The van der Waals surface area contributed by atoms with Crippen molar-refractivity contribution >= 4 is 34.0 Å². The van der Waals surface area contributed by atoms with Crippen LogP contribution < -0.4 is 15.0 Å². The van der Waals surface area contributed by atoms with Gasteiger partial charge in [0.2, 0.25) is 11.0 Å². The number of ether oxygens (including phenoxy) is 1. The molecule has 0 spiro atoms. The summed E-state index contributed by atoms with van der Waals surface area (Å²) in [6.45, 7) is 1.90. The van der Waals surface area contributed by atoms with Gasteiger partial charge in [-0.05, 0) is 19.1 Å². The van der Waals surface area contributed by atoms with Gasteiger partial charge >= 0.3 is 5.97 Å². The Kier molecular flexibility index (Phi) is 3.53. The summed E-state index contributed by atoms with van der Waals surface area (Å²) >= 11 is 1.30. The van der Waals surface area contributed by atoms with Gasteiger partial charge in [0.05, 0.1) is 12.2 Å². The van der Waals surface area contributed by atoms with Crippen LogP contribution in [0.25, 0.3) is 0 Å². The zero-order chi connectivity index (χ0) is 14.8. The maximum Gasteiger partial charge on any atom is 0.331 e. The number of aryl methyl sites for hydroxylation is 1. The Morgan fingerprint density at radius 2 is 2.24 bits per heavy atom. The van der Waals surface area contributed by atoms with Crippen LogP contribution in [-0.4, -0.2) is 35.2 Å². The number of carbonyl (C=O) groups is 2. The first-order valence-corrected chi connectivity index (χ1v) is 7.08. The molecule has 0 fully saturated rings. The maximum absolute atomic E-state index is 12.0. The van der Waals surface area contributed by atoms with E-state index < -0.39 is 0 Å². The van der Waals surface area contributed by atoms with E-state index in [0.29, 0.717) is 10.9 Å². The molecule has 0 saturated heterocycles. The van der Waals surface area contributed by atoms with Crippen LogP contribution in [0.1, 0.15) is 5.01 Å². The van der Waals surface area contributed by atoms with E-state index in [4.69, 9.17) is 4.74 Å². The van der Waals surface area contributed by atoms with Gasteiger partial charge < -0.3 is 9.64 Å². The number of para-hydroxylation sites is 2.